The van der Waals surface area contributed by atoms with Gasteiger partial charge in [-0.1, -0.05) is 0 Å². The number of hydrogen-bond donors (Lipinski definition) is 2. The maximum atomic E-state index is 11.3. The summed E-state index contributed by atoms with van der Waals surface area (Å²) in [7, 11) is 0. The van der Waals surface area contributed by atoms with Crippen LogP contribution in [0.1, 0.15) is 19.3 Å². The van der Waals surface area contributed by atoms with Crippen LogP contribution >= 0.6 is 12.4 Å². The normalized spacial score (nSPS) is 20.4. The van der Waals surface area contributed by atoms with Gasteiger partial charge in [0.2, 0.25) is 5.91 Å². The molecule has 1 atom stereocenters. The maximum Gasteiger partial charge on any atom is 0.326 e. The zero-order valence-corrected chi connectivity index (χ0v) is 8.63. The Kier molecular flexibility index (Phi) is 5.49. The maximum absolute atomic E-state index is 11.3. The molecular weight excluding hydrogens is 208 g/mol. The topological polar surface area (TPSA) is 83.6 Å². The fourth-order valence-corrected chi connectivity index (χ4v) is 1.59. The third kappa shape index (κ3) is 2.85. The molecule has 0 aromatic rings. The molecule has 0 spiro atoms. The molecule has 0 aromatic heterocycles. The molecule has 1 aliphatic rings. The summed E-state index contributed by atoms with van der Waals surface area (Å²) in [5.41, 5.74) is 5.22. The summed E-state index contributed by atoms with van der Waals surface area (Å²) in [6.07, 6.45) is 1.57. The van der Waals surface area contributed by atoms with E-state index in [0.717, 1.165) is 6.42 Å². The molecule has 1 heterocycles. The highest BCUT2D eigenvalue weighted by Crippen LogP contribution is 2.17. The Morgan fingerprint density at radius 2 is 2.14 bits per heavy atom. The molecule has 1 saturated heterocycles. The van der Waals surface area contributed by atoms with Gasteiger partial charge in [-0.3, -0.25) is 4.79 Å². The van der Waals surface area contributed by atoms with Crippen molar-refractivity contribution in [2.45, 2.75) is 25.3 Å². The van der Waals surface area contributed by atoms with Crippen LogP contribution in [0, 0.1) is 0 Å². The molecule has 1 amide bonds. The molecule has 0 aliphatic carbocycles. The summed E-state index contributed by atoms with van der Waals surface area (Å²) in [6.45, 7) is 0.831. The number of carboxylic acid groups (broad SMARTS) is 1. The zero-order chi connectivity index (χ0) is 9.84. The standard InChI is InChI=1S/C8H14N2O3.ClH/c9-4-3-7(11)10-5-1-2-6(10)8(12)13;/h6H,1-5,9H2,(H,12,13);1H/t6-;/m1./s1. The van der Waals surface area contributed by atoms with Crippen LogP contribution < -0.4 is 5.73 Å². The Labute approximate surface area is 88.7 Å². The number of hydrogen-bond acceptors (Lipinski definition) is 3. The lowest BCUT2D eigenvalue weighted by Crippen LogP contribution is -2.41. The van der Waals surface area contributed by atoms with Gasteiger partial charge in [0.15, 0.2) is 0 Å². The molecule has 5 nitrogen and oxygen atoms in total. The number of carbonyl (C=O) groups excluding carboxylic acids is 1. The van der Waals surface area contributed by atoms with E-state index in [2.05, 4.69) is 0 Å². The first-order chi connectivity index (χ1) is 6.16. The van der Waals surface area contributed by atoms with Gasteiger partial charge in [0.25, 0.3) is 0 Å². The number of carbonyl (C=O) groups is 2. The van der Waals surface area contributed by atoms with E-state index in [9.17, 15) is 9.59 Å². The number of halogens is 1. The van der Waals surface area contributed by atoms with E-state index in [-0.39, 0.29) is 31.3 Å². The molecule has 82 valence electrons. The largest absolute Gasteiger partial charge is 0.480 e. The molecule has 1 fully saturated rings. The van der Waals surface area contributed by atoms with Crippen molar-refractivity contribution in [2.24, 2.45) is 5.73 Å². The smallest absolute Gasteiger partial charge is 0.326 e. The molecule has 0 saturated carbocycles. The highest BCUT2D eigenvalue weighted by molar-refractivity contribution is 5.85. The number of carboxylic acids is 1. The summed E-state index contributed by atoms with van der Waals surface area (Å²) in [4.78, 5) is 23.5. The van der Waals surface area contributed by atoms with Gasteiger partial charge in [-0.25, -0.2) is 4.79 Å². The molecule has 0 radical (unpaired) electrons. The van der Waals surface area contributed by atoms with Crippen LogP contribution in [0.5, 0.6) is 0 Å². The molecule has 3 N–H and O–H groups in total. The first kappa shape index (κ1) is 13.2. The predicted molar refractivity (Wildman–Crippen MR) is 53.3 cm³/mol. The first-order valence-corrected chi connectivity index (χ1v) is 4.39. The highest BCUT2D eigenvalue weighted by Gasteiger charge is 2.33. The van der Waals surface area contributed by atoms with Crippen LogP contribution in [-0.2, 0) is 9.59 Å². The second-order valence-electron chi connectivity index (χ2n) is 3.12. The fourth-order valence-electron chi connectivity index (χ4n) is 1.59. The monoisotopic (exact) mass is 222 g/mol. The van der Waals surface area contributed by atoms with E-state index >= 15 is 0 Å². The van der Waals surface area contributed by atoms with Crippen LogP contribution in [0.4, 0.5) is 0 Å². The Morgan fingerprint density at radius 1 is 1.50 bits per heavy atom. The number of nitrogens with zero attached hydrogens (tertiary/aromatic N) is 1. The second kappa shape index (κ2) is 5.82. The van der Waals surface area contributed by atoms with Crippen molar-refractivity contribution in [3.05, 3.63) is 0 Å². The molecule has 1 rings (SSSR count). The Balaban J connectivity index is 0.00000169. The second-order valence-corrected chi connectivity index (χ2v) is 3.12. The Bertz CT molecular complexity index is 223. The van der Waals surface area contributed by atoms with Crippen LogP contribution in [0.15, 0.2) is 0 Å². The van der Waals surface area contributed by atoms with E-state index in [1.165, 1.54) is 4.90 Å². The SMILES string of the molecule is Cl.NCCC(=O)N1CCC[C@@H]1C(=O)O. The highest BCUT2D eigenvalue weighted by atomic mass is 35.5. The fraction of sp³-hybridized carbons (Fsp3) is 0.750. The van der Waals surface area contributed by atoms with Crippen molar-refractivity contribution >= 4 is 24.3 Å². The van der Waals surface area contributed by atoms with Gasteiger partial charge in [0, 0.05) is 19.5 Å². The van der Waals surface area contributed by atoms with Gasteiger partial charge in [0.1, 0.15) is 6.04 Å². The van der Waals surface area contributed by atoms with Gasteiger partial charge in [-0.15, -0.1) is 12.4 Å². The number of rotatable bonds is 3. The number of nitrogens with two attached hydrogens (primary N) is 1. The number of aliphatic carboxylic acids is 1. The lowest BCUT2D eigenvalue weighted by molar-refractivity contribution is -0.148. The molecule has 1 aliphatic heterocycles. The van der Waals surface area contributed by atoms with E-state index in [0.29, 0.717) is 13.0 Å². The summed E-state index contributed by atoms with van der Waals surface area (Å²) in [5.74, 6) is -1.06. The van der Waals surface area contributed by atoms with Gasteiger partial charge >= 0.3 is 5.97 Å². The van der Waals surface area contributed by atoms with Crippen molar-refractivity contribution in [3.8, 4) is 0 Å². The van der Waals surface area contributed by atoms with Gasteiger partial charge in [0.05, 0.1) is 0 Å². The van der Waals surface area contributed by atoms with Crippen LogP contribution in [0.25, 0.3) is 0 Å². The summed E-state index contributed by atoms with van der Waals surface area (Å²) >= 11 is 0. The van der Waals surface area contributed by atoms with Crippen molar-refractivity contribution < 1.29 is 14.7 Å². The van der Waals surface area contributed by atoms with E-state index < -0.39 is 12.0 Å². The van der Waals surface area contributed by atoms with Crippen LogP contribution in [0.2, 0.25) is 0 Å². The molecule has 0 aromatic carbocycles. The van der Waals surface area contributed by atoms with Crippen molar-refractivity contribution in [2.75, 3.05) is 13.1 Å². The van der Waals surface area contributed by atoms with Gasteiger partial charge < -0.3 is 15.7 Å². The summed E-state index contributed by atoms with van der Waals surface area (Å²) in [6, 6.07) is -0.626. The number of likely N-dealkylation sites (tertiary alicyclic amines) is 1. The third-order valence-corrected chi connectivity index (χ3v) is 2.22. The minimum absolute atomic E-state index is 0. The molecule has 6 heteroatoms. The Morgan fingerprint density at radius 3 is 2.64 bits per heavy atom. The van der Waals surface area contributed by atoms with Crippen molar-refractivity contribution in [1.29, 1.82) is 0 Å². The van der Waals surface area contributed by atoms with Gasteiger partial charge in [-0.2, -0.15) is 0 Å². The average molecular weight is 223 g/mol. The van der Waals surface area contributed by atoms with Crippen LogP contribution in [0.3, 0.4) is 0 Å². The molecule has 0 unspecified atom stereocenters. The van der Waals surface area contributed by atoms with Gasteiger partial charge in [-0.05, 0) is 12.8 Å². The summed E-state index contributed by atoms with van der Waals surface area (Å²) in [5, 5.41) is 8.78. The molecular formula is C8H15ClN2O3. The molecule has 0 bridgehead atoms. The minimum Gasteiger partial charge on any atom is -0.480 e. The first-order valence-electron chi connectivity index (χ1n) is 4.39. The Hall–Kier alpha value is -0.810. The van der Waals surface area contributed by atoms with E-state index in [1.807, 2.05) is 0 Å². The number of amides is 1. The van der Waals surface area contributed by atoms with Crippen molar-refractivity contribution in [3.63, 3.8) is 0 Å². The zero-order valence-electron chi connectivity index (χ0n) is 7.81. The average Bonchev–Trinajstić information content (AvgIpc) is 2.52. The van der Waals surface area contributed by atoms with Crippen LogP contribution in [-0.4, -0.2) is 41.0 Å². The quantitative estimate of drug-likeness (QED) is 0.695. The van der Waals surface area contributed by atoms with E-state index in [4.69, 9.17) is 10.8 Å². The predicted octanol–water partition coefficient (Wildman–Crippen LogP) is -0.167. The summed E-state index contributed by atoms with van der Waals surface area (Å²) < 4.78 is 0. The van der Waals surface area contributed by atoms with Crippen molar-refractivity contribution in [1.82, 2.24) is 4.90 Å². The third-order valence-electron chi connectivity index (χ3n) is 2.22. The minimum atomic E-state index is -0.914. The lowest BCUT2D eigenvalue weighted by atomic mass is 10.2. The lowest BCUT2D eigenvalue weighted by Gasteiger charge is -2.20. The van der Waals surface area contributed by atoms with E-state index in [1.54, 1.807) is 0 Å². The molecule has 14 heavy (non-hydrogen) atoms.